The van der Waals surface area contributed by atoms with Crippen LogP contribution >= 0.6 is 15.9 Å². The number of aromatic amines is 1. The molecule has 112 valence electrons. The van der Waals surface area contributed by atoms with Gasteiger partial charge in [-0.3, -0.25) is 5.10 Å². The van der Waals surface area contributed by atoms with Crippen molar-refractivity contribution in [2.24, 2.45) is 0 Å². The zero-order chi connectivity index (χ0) is 15.0. The van der Waals surface area contributed by atoms with Crippen molar-refractivity contribution in [1.82, 2.24) is 10.2 Å². The molecule has 0 spiro atoms. The molecular formula is C14H16BrN3O2S. The normalized spacial score (nSPS) is 21.3. The lowest BCUT2D eigenvalue weighted by atomic mass is 10.0. The van der Waals surface area contributed by atoms with E-state index in [9.17, 15) is 8.42 Å². The SMILES string of the molecule is Nc1n[nH]c(C2CCCCS2(=O)=O)c1-c1ccccc1Br. The van der Waals surface area contributed by atoms with Crippen LogP contribution in [0, 0.1) is 0 Å². The summed E-state index contributed by atoms with van der Waals surface area (Å²) in [5.41, 5.74) is 8.14. The van der Waals surface area contributed by atoms with Gasteiger partial charge in [0.25, 0.3) is 0 Å². The van der Waals surface area contributed by atoms with E-state index >= 15 is 0 Å². The van der Waals surface area contributed by atoms with E-state index in [4.69, 9.17) is 5.73 Å². The van der Waals surface area contributed by atoms with Gasteiger partial charge in [0, 0.05) is 15.6 Å². The first kappa shape index (κ1) is 14.6. The van der Waals surface area contributed by atoms with Crippen molar-refractivity contribution in [3.63, 3.8) is 0 Å². The predicted molar refractivity (Wildman–Crippen MR) is 86.5 cm³/mol. The van der Waals surface area contributed by atoms with E-state index in [0.717, 1.165) is 22.9 Å². The highest BCUT2D eigenvalue weighted by molar-refractivity contribution is 9.10. The van der Waals surface area contributed by atoms with Gasteiger partial charge in [-0.1, -0.05) is 40.5 Å². The molecule has 0 aliphatic carbocycles. The average molecular weight is 370 g/mol. The van der Waals surface area contributed by atoms with Crippen LogP contribution in [0.5, 0.6) is 0 Å². The van der Waals surface area contributed by atoms with Gasteiger partial charge in [-0.25, -0.2) is 8.42 Å². The lowest BCUT2D eigenvalue weighted by molar-refractivity contribution is 0.542. The number of hydrogen-bond donors (Lipinski definition) is 2. The Labute approximate surface area is 132 Å². The van der Waals surface area contributed by atoms with Crippen LogP contribution < -0.4 is 5.73 Å². The van der Waals surface area contributed by atoms with E-state index in [2.05, 4.69) is 26.1 Å². The first-order chi connectivity index (χ1) is 10.0. The molecule has 0 amide bonds. The lowest BCUT2D eigenvalue weighted by Gasteiger charge is -2.22. The van der Waals surface area contributed by atoms with E-state index in [1.165, 1.54) is 0 Å². The Morgan fingerprint density at radius 1 is 1.29 bits per heavy atom. The summed E-state index contributed by atoms with van der Waals surface area (Å²) in [5.74, 6) is 0.559. The molecule has 2 heterocycles. The van der Waals surface area contributed by atoms with Crippen LogP contribution in [0.3, 0.4) is 0 Å². The second-order valence-corrected chi connectivity index (χ2v) is 8.39. The van der Waals surface area contributed by atoms with Gasteiger partial charge in [0.15, 0.2) is 15.7 Å². The Kier molecular flexibility index (Phi) is 3.79. The van der Waals surface area contributed by atoms with Crippen LogP contribution in [0.15, 0.2) is 28.7 Å². The van der Waals surface area contributed by atoms with Crippen molar-refractivity contribution >= 4 is 31.6 Å². The third-order valence-electron chi connectivity index (χ3n) is 3.87. The molecule has 1 aliphatic heterocycles. The highest BCUT2D eigenvalue weighted by Crippen LogP contribution is 2.41. The molecule has 1 unspecified atom stereocenters. The minimum absolute atomic E-state index is 0.228. The van der Waals surface area contributed by atoms with Gasteiger partial charge in [0.1, 0.15) is 5.25 Å². The molecule has 1 aromatic carbocycles. The van der Waals surface area contributed by atoms with Gasteiger partial charge in [0.05, 0.1) is 11.4 Å². The third kappa shape index (κ3) is 2.60. The molecule has 5 nitrogen and oxygen atoms in total. The molecule has 1 aliphatic rings. The topological polar surface area (TPSA) is 88.8 Å². The first-order valence-electron chi connectivity index (χ1n) is 6.81. The molecular weight excluding hydrogens is 354 g/mol. The van der Waals surface area contributed by atoms with Crippen LogP contribution in [0.1, 0.15) is 30.2 Å². The summed E-state index contributed by atoms with van der Waals surface area (Å²) in [6.07, 6.45) is 2.24. The number of nitrogens with zero attached hydrogens (tertiary/aromatic N) is 1. The van der Waals surface area contributed by atoms with Crippen molar-refractivity contribution in [3.05, 3.63) is 34.4 Å². The Morgan fingerprint density at radius 2 is 2.05 bits per heavy atom. The fraction of sp³-hybridized carbons (Fsp3) is 0.357. The van der Waals surface area contributed by atoms with Crippen molar-refractivity contribution in [2.75, 3.05) is 11.5 Å². The summed E-state index contributed by atoms with van der Waals surface area (Å²) in [6, 6.07) is 7.61. The third-order valence-corrected chi connectivity index (χ3v) is 6.75. The zero-order valence-electron chi connectivity index (χ0n) is 11.3. The molecule has 0 saturated carbocycles. The number of anilines is 1. The largest absolute Gasteiger partial charge is 0.382 e. The number of rotatable bonds is 2. The number of aromatic nitrogens is 2. The molecule has 0 bridgehead atoms. The molecule has 2 aromatic rings. The van der Waals surface area contributed by atoms with Gasteiger partial charge in [-0.2, -0.15) is 5.10 Å². The Balaban J connectivity index is 2.16. The molecule has 1 aromatic heterocycles. The van der Waals surface area contributed by atoms with Crippen LogP contribution in [-0.4, -0.2) is 24.4 Å². The van der Waals surface area contributed by atoms with Gasteiger partial charge >= 0.3 is 0 Å². The van der Waals surface area contributed by atoms with Crippen LogP contribution in [0.4, 0.5) is 5.82 Å². The lowest BCUT2D eigenvalue weighted by Crippen LogP contribution is -2.22. The summed E-state index contributed by atoms with van der Waals surface area (Å²) < 4.78 is 25.6. The van der Waals surface area contributed by atoms with E-state index in [1.54, 1.807) is 0 Å². The number of nitrogen functional groups attached to an aromatic ring is 1. The van der Waals surface area contributed by atoms with Crippen molar-refractivity contribution in [3.8, 4) is 11.1 Å². The molecule has 21 heavy (non-hydrogen) atoms. The number of benzene rings is 1. The van der Waals surface area contributed by atoms with E-state index < -0.39 is 15.1 Å². The van der Waals surface area contributed by atoms with Gasteiger partial charge in [-0.15, -0.1) is 0 Å². The number of nitrogens with two attached hydrogens (primary N) is 1. The van der Waals surface area contributed by atoms with Gasteiger partial charge < -0.3 is 5.73 Å². The van der Waals surface area contributed by atoms with Gasteiger partial charge in [0.2, 0.25) is 0 Å². The van der Waals surface area contributed by atoms with E-state index in [-0.39, 0.29) is 5.75 Å². The maximum atomic E-state index is 12.4. The summed E-state index contributed by atoms with van der Waals surface area (Å²) in [4.78, 5) is 0. The van der Waals surface area contributed by atoms with Gasteiger partial charge in [-0.05, 0) is 18.9 Å². The zero-order valence-corrected chi connectivity index (χ0v) is 13.7. The fourth-order valence-corrected chi connectivity index (χ4v) is 5.26. The van der Waals surface area contributed by atoms with Crippen LogP contribution in [-0.2, 0) is 9.84 Å². The molecule has 3 N–H and O–H groups in total. The highest BCUT2D eigenvalue weighted by Gasteiger charge is 2.34. The fourth-order valence-electron chi connectivity index (χ4n) is 2.83. The Bertz CT molecular complexity index is 770. The standard InChI is InChI=1S/C14H16BrN3O2S/c15-10-6-2-1-5-9(10)12-13(17-18-14(12)16)11-7-3-4-8-21(11,19)20/h1-2,5-6,11H,3-4,7-8H2,(H3,16,17,18). The molecule has 1 fully saturated rings. The molecule has 3 rings (SSSR count). The van der Waals surface area contributed by atoms with Crippen LogP contribution in [0.25, 0.3) is 11.1 Å². The second kappa shape index (κ2) is 5.46. The molecule has 7 heteroatoms. The minimum Gasteiger partial charge on any atom is -0.382 e. The monoisotopic (exact) mass is 369 g/mol. The summed E-state index contributed by atoms with van der Waals surface area (Å²) in [7, 11) is -3.15. The first-order valence-corrected chi connectivity index (χ1v) is 9.32. The van der Waals surface area contributed by atoms with Crippen LogP contribution in [0.2, 0.25) is 0 Å². The van der Waals surface area contributed by atoms with Crippen molar-refractivity contribution in [1.29, 1.82) is 0 Å². The Morgan fingerprint density at radius 3 is 2.76 bits per heavy atom. The second-order valence-electron chi connectivity index (χ2n) is 5.23. The summed E-state index contributed by atoms with van der Waals surface area (Å²) in [6.45, 7) is 0. The summed E-state index contributed by atoms with van der Waals surface area (Å²) in [5, 5.41) is 6.35. The van der Waals surface area contributed by atoms with Crippen molar-refractivity contribution < 1.29 is 8.42 Å². The number of sulfone groups is 1. The van der Waals surface area contributed by atoms with Crippen molar-refractivity contribution in [2.45, 2.75) is 24.5 Å². The maximum Gasteiger partial charge on any atom is 0.158 e. The smallest absolute Gasteiger partial charge is 0.158 e. The predicted octanol–water partition coefficient (Wildman–Crippen LogP) is 3.06. The molecule has 1 atom stereocenters. The van der Waals surface area contributed by atoms with E-state index in [0.29, 0.717) is 23.5 Å². The van der Waals surface area contributed by atoms with E-state index in [1.807, 2.05) is 24.3 Å². The molecule has 1 saturated heterocycles. The summed E-state index contributed by atoms with van der Waals surface area (Å²) >= 11 is 3.49. The number of H-pyrrole nitrogens is 1. The number of halogens is 1. The highest BCUT2D eigenvalue weighted by atomic mass is 79.9. The Hall–Kier alpha value is -1.34. The molecule has 0 radical (unpaired) electrons. The average Bonchev–Trinajstić information content (AvgIpc) is 2.80. The number of nitrogens with one attached hydrogen (secondary N) is 1. The number of hydrogen-bond acceptors (Lipinski definition) is 4. The minimum atomic E-state index is -3.15. The quantitative estimate of drug-likeness (QED) is 0.850. The maximum absolute atomic E-state index is 12.4.